The summed E-state index contributed by atoms with van der Waals surface area (Å²) in [6.45, 7) is 12.1. The third-order valence-corrected chi connectivity index (χ3v) is 2.85. The second kappa shape index (κ2) is 7.62. The van der Waals surface area contributed by atoms with Gasteiger partial charge >= 0.3 is 0 Å². The number of carbonyl (C=O) groups is 1. The van der Waals surface area contributed by atoms with Crippen molar-refractivity contribution in [2.75, 3.05) is 25.0 Å². The topological polar surface area (TPSA) is 32.3 Å². The standard InChI is InChI=1S/C16H24N2O/c1-5-11-17-15-10-8-7-9-14(15)16(19)18(6-2)12-13(3)4/h7-10,17H,3,5-6,11-12H2,1-2,4H3. The van der Waals surface area contributed by atoms with Gasteiger partial charge < -0.3 is 10.2 Å². The summed E-state index contributed by atoms with van der Waals surface area (Å²) in [7, 11) is 0. The van der Waals surface area contributed by atoms with Gasteiger partial charge in [0.2, 0.25) is 0 Å². The van der Waals surface area contributed by atoms with Crippen LogP contribution in [0.3, 0.4) is 0 Å². The average Bonchev–Trinajstić information content (AvgIpc) is 2.41. The molecule has 0 atom stereocenters. The molecular formula is C16H24N2O. The number of carbonyl (C=O) groups excluding carboxylic acids is 1. The third kappa shape index (κ3) is 4.43. The van der Waals surface area contributed by atoms with Crippen LogP contribution in [0.1, 0.15) is 37.6 Å². The van der Waals surface area contributed by atoms with E-state index in [0.717, 1.165) is 29.8 Å². The molecule has 3 nitrogen and oxygen atoms in total. The number of nitrogens with zero attached hydrogens (tertiary/aromatic N) is 1. The molecule has 0 aromatic heterocycles. The first kappa shape index (κ1) is 15.3. The zero-order chi connectivity index (χ0) is 14.3. The smallest absolute Gasteiger partial charge is 0.256 e. The van der Waals surface area contributed by atoms with Gasteiger partial charge in [-0.3, -0.25) is 4.79 Å². The molecule has 19 heavy (non-hydrogen) atoms. The van der Waals surface area contributed by atoms with E-state index >= 15 is 0 Å². The van der Waals surface area contributed by atoms with Crippen LogP contribution in [0.5, 0.6) is 0 Å². The van der Waals surface area contributed by atoms with Crippen molar-refractivity contribution in [1.82, 2.24) is 4.90 Å². The molecule has 1 rings (SSSR count). The Labute approximate surface area is 116 Å². The fraction of sp³-hybridized carbons (Fsp3) is 0.438. The number of benzene rings is 1. The van der Waals surface area contributed by atoms with E-state index in [1.165, 1.54) is 0 Å². The first-order valence-corrected chi connectivity index (χ1v) is 6.86. The van der Waals surface area contributed by atoms with Crippen LogP contribution in [0.2, 0.25) is 0 Å². The summed E-state index contributed by atoms with van der Waals surface area (Å²) < 4.78 is 0. The van der Waals surface area contributed by atoms with Gasteiger partial charge in [0, 0.05) is 25.3 Å². The summed E-state index contributed by atoms with van der Waals surface area (Å²) in [5, 5.41) is 3.31. The number of para-hydroxylation sites is 1. The van der Waals surface area contributed by atoms with Crippen LogP contribution in [-0.2, 0) is 0 Å². The molecule has 1 amide bonds. The quantitative estimate of drug-likeness (QED) is 0.760. The number of nitrogens with one attached hydrogen (secondary N) is 1. The average molecular weight is 260 g/mol. The molecule has 0 aliphatic carbocycles. The Kier molecular flexibility index (Phi) is 6.13. The fourth-order valence-electron chi connectivity index (χ4n) is 1.91. The maximum Gasteiger partial charge on any atom is 0.256 e. The van der Waals surface area contributed by atoms with E-state index in [9.17, 15) is 4.79 Å². The Morgan fingerprint density at radius 2 is 2.00 bits per heavy atom. The highest BCUT2D eigenvalue weighted by molar-refractivity contribution is 5.99. The van der Waals surface area contributed by atoms with Crippen molar-refractivity contribution in [3.05, 3.63) is 42.0 Å². The molecular weight excluding hydrogens is 236 g/mol. The molecule has 1 N–H and O–H groups in total. The van der Waals surface area contributed by atoms with Crippen molar-refractivity contribution in [2.24, 2.45) is 0 Å². The van der Waals surface area contributed by atoms with Gasteiger partial charge in [0.05, 0.1) is 5.56 Å². The highest BCUT2D eigenvalue weighted by atomic mass is 16.2. The van der Waals surface area contributed by atoms with Gasteiger partial charge in [-0.2, -0.15) is 0 Å². The lowest BCUT2D eigenvalue weighted by Gasteiger charge is -2.22. The zero-order valence-corrected chi connectivity index (χ0v) is 12.2. The maximum absolute atomic E-state index is 12.5. The van der Waals surface area contributed by atoms with Crippen LogP contribution in [-0.4, -0.2) is 30.4 Å². The third-order valence-electron chi connectivity index (χ3n) is 2.85. The van der Waals surface area contributed by atoms with E-state index in [2.05, 4.69) is 18.8 Å². The first-order valence-electron chi connectivity index (χ1n) is 6.86. The lowest BCUT2D eigenvalue weighted by molar-refractivity contribution is 0.0779. The van der Waals surface area contributed by atoms with Crippen molar-refractivity contribution in [3.8, 4) is 0 Å². The normalized spacial score (nSPS) is 10.1. The van der Waals surface area contributed by atoms with Crippen LogP contribution in [0.25, 0.3) is 0 Å². The molecule has 0 saturated heterocycles. The monoisotopic (exact) mass is 260 g/mol. The molecule has 0 saturated carbocycles. The number of rotatable bonds is 7. The van der Waals surface area contributed by atoms with Crippen LogP contribution < -0.4 is 5.32 Å². The van der Waals surface area contributed by atoms with Crippen LogP contribution in [0.15, 0.2) is 36.4 Å². The van der Waals surface area contributed by atoms with E-state index in [4.69, 9.17) is 0 Å². The molecule has 0 fully saturated rings. The van der Waals surface area contributed by atoms with Gasteiger partial charge in [0.1, 0.15) is 0 Å². The van der Waals surface area contributed by atoms with Crippen molar-refractivity contribution in [2.45, 2.75) is 27.2 Å². The van der Waals surface area contributed by atoms with Gasteiger partial charge in [0.25, 0.3) is 5.91 Å². The fourth-order valence-corrected chi connectivity index (χ4v) is 1.91. The molecule has 0 heterocycles. The minimum absolute atomic E-state index is 0.0599. The Morgan fingerprint density at radius 3 is 2.58 bits per heavy atom. The van der Waals surface area contributed by atoms with Crippen molar-refractivity contribution in [1.29, 1.82) is 0 Å². The van der Waals surface area contributed by atoms with Gasteiger partial charge in [-0.25, -0.2) is 0 Å². The lowest BCUT2D eigenvalue weighted by atomic mass is 10.1. The summed E-state index contributed by atoms with van der Waals surface area (Å²) in [6, 6.07) is 7.68. The first-order chi connectivity index (χ1) is 9.10. The zero-order valence-electron chi connectivity index (χ0n) is 12.2. The van der Waals surface area contributed by atoms with Crippen LogP contribution >= 0.6 is 0 Å². The minimum atomic E-state index is 0.0599. The Morgan fingerprint density at radius 1 is 1.32 bits per heavy atom. The molecule has 0 spiro atoms. The Bertz CT molecular complexity index is 440. The predicted octanol–water partition coefficient (Wildman–Crippen LogP) is 3.55. The van der Waals surface area contributed by atoms with Crippen LogP contribution in [0, 0.1) is 0 Å². The summed E-state index contributed by atoms with van der Waals surface area (Å²) >= 11 is 0. The molecule has 0 aliphatic rings. The summed E-state index contributed by atoms with van der Waals surface area (Å²) in [5.74, 6) is 0.0599. The number of amides is 1. The Balaban J connectivity index is 2.93. The maximum atomic E-state index is 12.5. The molecule has 104 valence electrons. The van der Waals surface area contributed by atoms with Gasteiger partial charge in [-0.1, -0.05) is 31.2 Å². The van der Waals surface area contributed by atoms with Crippen molar-refractivity contribution < 1.29 is 4.79 Å². The number of anilines is 1. The Hall–Kier alpha value is -1.77. The van der Waals surface area contributed by atoms with Gasteiger partial charge in [-0.15, -0.1) is 0 Å². The lowest BCUT2D eigenvalue weighted by Crippen LogP contribution is -2.32. The highest BCUT2D eigenvalue weighted by Gasteiger charge is 2.16. The number of hydrogen-bond acceptors (Lipinski definition) is 2. The van der Waals surface area contributed by atoms with E-state index in [1.54, 1.807) is 0 Å². The molecule has 3 heteroatoms. The SMILES string of the molecule is C=C(C)CN(CC)C(=O)c1ccccc1NCCC. The molecule has 0 aliphatic heterocycles. The largest absolute Gasteiger partial charge is 0.384 e. The summed E-state index contributed by atoms with van der Waals surface area (Å²) in [5.41, 5.74) is 2.64. The molecule has 0 radical (unpaired) electrons. The van der Waals surface area contributed by atoms with Crippen molar-refractivity contribution in [3.63, 3.8) is 0 Å². The van der Waals surface area contributed by atoms with E-state index < -0.39 is 0 Å². The van der Waals surface area contributed by atoms with Crippen molar-refractivity contribution >= 4 is 11.6 Å². The molecule has 1 aromatic carbocycles. The number of hydrogen-bond donors (Lipinski definition) is 1. The molecule has 0 bridgehead atoms. The predicted molar refractivity (Wildman–Crippen MR) is 81.6 cm³/mol. The molecule has 0 unspecified atom stereocenters. The summed E-state index contributed by atoms with van der Waals surface area (Å²) in [6.07, 6.45) is 1.03. The van der Waals surface area contributed by atoms with Gasteiger partial charge in [-0.05, 0) is 32.4 Å². The minimum Gasteiger partial charge on any atom is -0.384 e. The number of likely N-dealkylation sites (N-methyl/N-ethyl adjacent to an activating group) is 1. The van der Waals surface area contributed by atoms with E-state index in [-0.39, 0.29) is 5.91 Å². The second-order valence-electron chi connectivity index (χ2n) is 4.75. The van der Waals surface area contributed by atoms with E-state index in [1.807, 2.05) is 43.0 Å². The summed E-state index contributed by atoms with van der Waals surface area (Å²) in [4.78, 5) is 14.4. The highest BCUT2D eigenvalue weighted by Crippen LogP contribution is 2.17. The van der Waals surface area contributed by atoms with Gasteiger partial charge in [0.15, 0.2) is 0 Å². The van der Waals surface area contributed by atoms with Crippen LogP contribution in [0.4, 0.5) is 5.69 Å². The molecule has 1 aromatic rings. The second-order valence-corrected chi connectivity index (χ2v) is 4.75. The van der Waals surface area contributed by atoms with E-state index in [0.29, 0.717) is 13.1 Å².